The van der Waals surface area contributed by atoms with Gasteiger partial charge in [-0.1, -0.05) is 18.2 Å². The SMILES string of the molecule is COc1ccccc1S(=O)NC(=O)Nc1c2c(cc3c1CCC3)CCC2. The first-order valence-corrected chi connectivity index (χ1v) is 10.1. The number of methoxy groups -OCH3 is 1. The summed E-state index contributed by atoms with van der Waals surface area (Å²) in [5, 5.41) is 3.00. The Bertz CT molecular complexity index is 863. The third-order valence-electron chi connectivity index (χ3n) is 5.17. The summed E-state index contributed by atoms with van der Waals surface area (Å²) in [6.07, 6.45) is 6.39. The molecule has 2 aromatic carbocycles. The van der Waals surface area contributed by atoms with Crippen LogP contribution in [0.3, 0.4) is 0 Å². The maximum absolute atomic E-state index is 12.6. The van der Waals surface area contributed by atoms with Crippen LogP contribution >= 0.6 is 0 Å². The Kier molecular flexibility index (Phi) is 4.68. The molecule has 0 aromatic heterocycles. The molecular formula is C20H22N2O3S. The van der Waals surface area contributed by atoms with E-state index in [4.69, 9.17) is 4.74 Å². The van der Waals surface area contributed by atoms with Gasteiger partial charge in [0.05, 0.1) is 7.11 Å². The van der Waals surface area contributed by atoms with Crippen molar-refractivity contribution in [1.29, 1.82) is 0 Å². The number of benzene rings is 2. The Labute approximate surface area is 155 Å². The summed E-state index contributed by atoms with van der Waals surface area (Å²) in [5.74, 6) is 0.493. The molecule has 0 fully saturated rings. The molecule has 2 aromatic rings. The molecule has 0 saturated heterocycles. The van der Waals surface area contributed by atoms with Gasteiger partial charge in [0.1, 0.15) is 10.6 Å². The average molecular weight is 370 g/mol. The minimum absolute atomic E-state index is 0.441. The minimum atomic E-state index is -1.68. The van der Waals surface area contributed by atoms with Gasteiger partial charge in [-0.2, -0.15) is 0 Å². The van der Waals surface area contributed by atoms with Crippen LogP contribution in [-0.2, 0) is 36.7 Å². The van der Waals surface area contributed by atoms with Gasteiger partial charge in [-0.25, -0.2) is 9.00 Å². The van der Waals surface area contributed by atoms with Crippen LogP contribution in [-0.4, -0.2) is 17.3 Å². The fourth-order valence-electron chi connectivity index (χ4n) is 4.02. The molecule has 4 rings (SSSR count). The van der Waals surface area contributed by atoms with Crippen molar-refractivity contribution in [1.82, 2.24) is 4.72 Å². The summed E-state index contributed by atoms with van der Waals surface area (Å²) >= 11 is 0. The average Bonchev–Trinajstić information content (AvgIpc) is 3.30. The molecular weight excluding hydrogens is 348 g/mol. The van der Waals surface area contributed by atoms with Gasteiger partial charge in [0.25, 0.3) is 0 Å². The highest BCUT2D eigenvalue weighted by atomic mass is 32.2. The monoisotopic (exact) mass is 370 g/mol. The van der Waals surface area contributed by atoms with Crippen molar-refractivity contribution in [2.45, 2.75) is 43.4 Å². The molecule has 2 aliphatic rings. The number of rotatable bonds is 4. The third-order valence-corrected chi connectivity index (χ3v) is 6.27. The topological polar surface area (TPSA) is 67.4 Å². The van der Waals surface area contributed by atoms with Crippen molar-refractivity contribution in [3.63, 3.8) is 0 Å². The number of ether oxygens (including phenoxy) is 1. The van der Waals surface area contributed by atoms with Crippen molar-refractivity contribution >= 4 is 22.7 Å². The largest absolute Gasteiger partial charge is 0.495 e. The molecule has 5 nitrogen and oxygen atoms in total. The summed E-state index contributed by atoms with van der Waals surface area (Å²) in [7, 11) is -0.162. The van der Waals surface area contributed by atoms with Crippen LogP contribution in [0.4, 0.5) is 10.5 Å². The van der Waals surface area contributed by atoms with E-state index in [1.165, 1.54) is 29.4 Å². The maximum atomic E-state index is 12.6. The van der Waals surface area contributed by atoms with Gasteiger partial charge in [-0.3, -0.25) is 4.72 Å². The smallest absolute Gasteiger partial charge is 0.331 e. The second-order valence-corrected chi connectivity index (χ2v) is 7.89. The van der Waals surface area contributed by atoms with Crippen LogP contribution < -0.4 is 14.8 Å². The van der Waals surface area contributed by atoms with Crippen molar-refractivity contribution in [3.05, 3.63) is 52.6 Å². The lowest BCUT2D eigenvalue weighted by Crippen LogP contribution is -2.31. The molecule has 0 spiro atoms. The minimum Gasteiger partial charge on any atom is -0.495 e. The van der Waals surface area contributed by atoms with E-state index < -0.39 is 17.0 Å². The summed E-state index contributed by atoms with van der Waals surface area (Å²) in [6, 6.07) is 8.86. The number of anilines is 1. The number of aryl methyl sites for hydroxylation is 2. The van der Waals surface area contributed by atoms with Crippen LogP contribution in [0.1, 0.15) is 35.1 Å². The van der Waals surface area contributed by atoms with Gasteiger partial charge >= 0.3 is 6.03 Å². The number of carbonyl (C=O) groups excluding carboxylic acids is 1. The number of urea groups is 1. The van der Waals surface area contributed by atoms with Gasteiger partial charge in [-0.15, -0.1) is 0 Å². The molecule has 6 heteroatoms. The number of carbonyl (C=O) groups is 1. The Morgan fingerprint density at radius 2 is 1.69 bits per heavy atom. The predicted octanol–water partition coefficient (Wildman–Crippen LogP) is 3.52. The van der Waals surface area contributed by atoms with Crippen molar-refractivity contribution in [3.8, 4) is 5.75 Å². The number of hydrogen-bond donors (Lipinski definition) is 2. The van der Waals surface area contributed by atoms with E-state index in [2.05, 4.69) is 16.1 Å². The molecule has 0 heterocycles. The lowest BCUT2D eigenvalue weighted by molar-refractivity contribution is 0.257. The molecule has 2 aliphatic carbocycles. The van der Waals surface area contributed by atoms with Crippen LogP contribution in [0.15, 0.2) is 35.2 Å². The van der Waals surface area contributed by atoms with E-state index in [1.807, 2.05) is 0 Å². The molecule has 0 radical (unpaired) electrons. The normalized spacial score (nSPS) is 15.9. The second-order valence-electron chi connectivity index (χ2n) is 6.71. The van der Waals surface area contributed by atoms with Crippen LogP contribution in [0.25, 0.3) is 0 Å². The van der Waals surface area contributed by atoms with E-state index in [-0.39, 0.29) is 0 Å². The molecule has 0 aliphatic heterocycles. The highest BCUT2D eigenvalue weighted by molar-refractivity contribution is 7.83. The van der Waals surface area contributed by atoms with Crippen molar-refractivity contribution in [2.75, 3.05) is 12.4 Å². The number of fused-ring (bicyclic) bond motifs is 2. The number of amides is 2. The van der Waals surface area contributed by atoms with Gasteiger partial charge < -0.3 is 10.1 Å². The van der Waals surface area contributed by atoms with Gasteiger partial charge in [0, 0.05) is 5.69 Å². The van der Waals surface area contributed by atoms with E-state index in [9.17, 15) is 9.00 Å². The van der Waals surface area contributed by atoms with E-state index in [0.717, 1.165) is 44.2 Å². The first-order chi connectivity index (χ1) is 12.7. The molecule has 1 unspecified atom stereocenters. The van der Waals surface area contributed by atoms with Gasteiger partial charge in [-0.05, 0) is 72.9 Å². The Hall–Kier alpha value is -2.34. The first kappa shape index (κ1) is 17.1. The van der Waals surface area contributed by atoms with Crippen LogP contribution in [0.5, 0.6) is 5.75 Å². The van der Waals surface area contributed by atoms with Gasteiger partial charge in [0.15, 0.2) is 11.0 Å². The zero-order valence-corrected chi connectivity index (χ0v) is 15.6. The Balaban J connectivity index is 1.55. The van der Waals surface area contributed by atoms with Crippen molar-refractivity contribution < 1.29 is 13.7 Å². The number of hydrogen-bond acceptors (Lipinski definition) is 3. The zero-order valence-electron chi connectivity index (χ0n) is 14.8. The summed E-state index contributed by atoms with van der Waals surface area (Å²) < 4.78 is 20.3. The van der Waals surface area contributed by atoms with E-state index in [0.29, 0.717) is 10.6 Å². The van der Waals surface area contributed by atoms with Crippen molar-refractivity contribution in [2.24, 2.45) is 0 Å². The Morgan fingerprint density at radius 1 is 1.04 bits per heavy atom. The highest BCUT2D eigenvalue weighted by Gasteiger charge is 2.25. The lowest BCUT2D eigenvalue weighted by Gasteiger charge is -2.16. The van der Waals surface area contributed by atoms with E-state index in [1.54, 1.807) is 24.3 Å². The van der Waals surface area contributed by atoms with Crippen LogP contribution in [0.2, 0.25) is 0 Å². The van der Waals surface area contributed by atoms with Crippen LogP contribution in [0, 0.1) is 0 Å². The zero-order chi connectivity index (χ0) is 18.1. The fourth-order valence-corrected chi connectivity index (χ4v) is 4.88. The first-order valence-electron chi connectivity index (χ1n) is 8.96. The summed E-state index contributed by atoms with van der Waals surface area (Å²) in [6.45, 7) is 0. The molecule has 0 bridgehead atoms. The number of nitrogens with one attached hydrogen (secondary N) is 2. The molecule has 2 N–H and O–H groups in total. The quantitative estimate of drug-likeness (QED) is 0.865. The standard InChI is InChI=1S/C20H22N2O3S/c1-25-17-10-2-3-11-18(17)26(24)22-20(23)21-19-15-8-4-6-13(15)12-14-7-5-9-16(14)19/h2-3,10-12H,4-9H2,1H3,(H2,21,22,23). The maximum Gasteiger partial charge on any atom is 0.331 e. The molecule has 26 heavy (non-hydrogen) atoms. The third kappa shape index (κ3) is 3.09. The molecule has 0 saturated carbocycles. The predicted molar refractivity (Wildman–Crippen MR) is 102 cm³/mol. The Morgan fingerprint density at radius 3 is 2.35 bits per heavy atom. The van der Waals surface area contributed by atoms with E-state index >= 15 is 0 Å². The molecule has 1 atom stereocenters. The fraction of sp³-hybridized carbons (Fsp3) is 0.350. The highest BCUT2D eigenvalue weighted by Crippen LogP contribution is 2.38. The lowest BCUT2D eigenvalue weighted by atomic mass is 9.99. The molecule has 2 amide bonds. The second kappa shape index (κ2) is 7.11. The van der Waals surface area contributed by atoms with Gasteiger partial charge in [0.2, 0.25) is 0 Å². The summed E-state index contributed by atoms with van der Waals surface area (Å²) in [4.78, 5) is 13.0. The molecule has 136 valence electrons. The summed E-state index contributed by atoms with van der Waals surface area (Å²) in [5.41, 5.74) is 6.16. The number of para-hydroxylation sites is 1.